The van der Waals surface area contributed by atoms with Crippen LogP contribution in [0.15, 0.2) is 36.4 Å². The van der Waals surface area contributed by atoms with E-state index in [0.717, 1.165) is 48.6 Å². The van der Waals surface area contributed by atoms with Crippen LogP contribution in [0, 0.1) is 0 Å². The number of hydrogen-bond donors (Lipinski definition) is 1. The average molecular weight is 420 g/mol. The molecule has 0 radical (unpaired) electrons. The van der Waals surface area contributed by atoms with Crippen molar-refractivity contribution in [1.29, 1.82) is 0 Å². The number of aromatic nitrogens is 3. The highest BCUT2D eigenvalue weighted by Gasteiger charge is 2.23. The molecular formula is C19H22ClN5O2S. The first-order chi connectivity index (χ1) is 13.3. The summed E-state index contributed by atoms with van der Waals surface area (Å²) >= 11 is 6.45. The van der Waals surface area contributed by atoms with Gasteiger partial charge in [0.25, 0.3) is 0 Å². The highest BCUT2D eigenvalue weighted by atomic mass is 35.5. The summed E-state index contributed by atoms with van der Waals surface area (Å²) in [5, 5.41) is 0.552. The molecule has 0 bridgehead atoms. The number of benzene rings is 1. The Bertz CT molecular complexity index is 1120. The van der Waals surface area contributed by atoms with E-state index in [1.807, 2.05) is 48.0 Å². The molecule has 0 aliphatic carbocycles. The Labute approximate surface area is 169 Å². The Hall–Kier alpha value is -2.16. The predicted molar refractivity (Wildman–Crippen MR) is 112 cm³/mol. The van der Waals surface area contributed by atoms with Gasteiger partial charge in [-0.05, 0) is 37.1 Å². The zero-order valence-electron chi connectivity index (χ0n) is 15.8. The lowest BCUT2D eigenvalue weighted by molar-refractivity contribution is 0.460. The number of piperidine rings is 1. The molecule has 9 heteroatoms. The third kappa shape index (κ3) is 3.85. The highest BCUT2D eigenvalue weighted by Crippen LogP contribution is 2.30. The zero-order valence-corrected chi connectivity index (χ0v) is 17.3. The Morgan fingerprint density at radius 1 is 1.11 bits per heavy atom. The van der Waals surface area contributed by atoms with Gasteiger partial charge in [0, 0.05) is 26.2 Å². The fraction of sp³-hybridized carbons (Fsp3) is 0.368. The SMILES string of the molecule is Cn1c(-c2nc(N3CCC(NS(C)(=O)=O)CC3)ccc2Cl)nc2ccccc21. The molecule has 148 valence electrons. The number of nitrogens with zero attached hydrogens (tertiary/aromatic N) is 4. The van der Waals surface area contributed by atoms with Crippen LogP contribution in [0.25, 0.3) is 22.6 Å². The second-order valence-electron chi connectivity index (χ2n) is 7.13. The summed E-state index contributed by atoms with van der Waals surface area (Å²) in [6.45, 7) is 1.45. The molecule has 0 amide bonds. The van der Waals surface area contributed by atoms with Crippen molar-refractivity contribution < 1.29 is 8.42 Å². The van der Waals surface area contributed by atoms with Crippen molar-refractivity contribution in [2.45, 2.75) is 18.9 Å². The topological polar surface area (TPSA) is 80.1 Å². The molecule has 0 spiro atoms. The molecule has 1 aliphatic rings. The van der Waals surface area contributed by atoms with Crippen LogP contribution in [0.3, 0.4) is 0 Å². The monoisotopic (exact) mass is 419 g/mol. The summed E-state index contributed by atoms with van der Waals surface area (Å²) in [4.78, 5) is 11.7. The van der Waals surface area contributed by atoms with E-state index in [2.05, 4.69) is 9.62 Å². The van der Waals surface area contributed by atoms with Gasteiger partial charge in [0.05, 0.1) is 22.3 Å². The standard InChI is InChI=1S/C19H22ClN5O2S/c1-24-16-6-4-3-5-15(16)21-19(24)18-14(20)7-8-17(22-18)25-11-9-13(10-12-25)23-28(2,26)27/h3-8,13,23H,9-12H2,1-2H3. The minimum atomic E-state index is -3.18. The van der Waals surface area contributed by atoms with Gasteiger partial charge in [-0.25, -0.2) is 23.1 Å². The first kappa shape index (κ1) is 19.2. The van der Waals surface area contributed by atoms with E-state index in [1.165, 1.54) is 6.26 Å². The summed E-state index contributed by atoms with van der Waals surface area (Å²) in [6, 6.07) is 11.6. The number of rotatable bonds is 4. The maximum Gasteiger partial charge on any atom is 0.208 e. The minimum Gasteiger partial charge on any atom is -0.356 e. The molecule has 1 aromatic carbocycles. The Balaban J connectivity index is 1.60. The van der Waals surface area contributed by atoms with Crippen molar-refractivity contribution in [1.82, 2.24) is 19.3 Å². The molecule has 1 fully saturated rings. The molecule has 2 aromatic heterocycles. The molecule has 3 heterocycles. The van der Waals surface area contributed by atoms with Gasteiger partial charge in [-0.2, -0.15) is 0 Å². The third-order valence-corrected chi connectivity index (χ3v) is 6.10. The van der Waals surface area contributed by atoms with E-state index in [1.54, 1.807) is 0 Å². The average Bonchev–Trinajstić information content (AvgIpc) is 2.99. The molecule has 1 saturated heterocycles. The van der Waals surface area contributed by atoms with Crippen molar-refractivity contribution in [3.8, 4) is 11.5 Å². The molecule has 3 aromatic rings. The van der Waals surface area contributed by atoms with Crippen LogP contribution in [0.5, 0.6) is 0 Å². The third-order valence-electron chi connectivity index (χ3n) is 5.03. The maximum atomic E-state index is 11.4. The first-order valence-corrected chi connectivity index (χ1v) is 11.4. The normalized spacial score (nSPS) is 16.0. The van der Waals surface area contributed by atoms with Gasteiger partial charge in [-0.15, -0.1) is 0 Å². The number of aryl methyl sites for hydroxylation is 1. The second-order valence-corrected chi connectivity index (χ2v) is 9.32. The fourth-order valence-electron chi connectivity index (χ4n) is 3.65. The number of para-hydroxylation sites is 2. The first-order valence-electron chi connectivity index (χ1n) is 9.12. The van der Waals surface area contributed by atoms with E-state index in [0.29, 0.717) is 10.7 Å². The lowest BCUT2D eigenvalue weighted by Crippen LogP contribution is -2.44. The van der Waals surface area contributed by atoms with E-state index in [4.69, 9.17) is 21.6 Å². The summed E-state index contributed by atoms with van der Waals surface area (Å²) in [6.07, 6.45) is 2.67. The van der Waals surface area contributed by atoms with E-state index >= 15 is 0 Å². The molecule has 28 heavy (non-hydrogen) atoms. The summed E-state index contributed by atoms with van der Waals surface area (Å²) < 4.78 is 27.6. The Morgan fingerprint density at radius 3 is 2.50 bits per heavy atom. The van der Waals surface area contributed by atoms with E-state index in [9.17, 15) is 8.42 Å². The van der Waals surface area contributed by atoms with Gasteiger partial charge in [0.1, 0.15) is 11.5 Å². The summed E-state index contributed by atoms with van der Waals surface area (Å²) in [5.74, 6) is 1.55. The lowest BCUT2D eigenvalue weighted by Gasteiger charge is -2.33. The molecular weight excluding hydrogens is 398 g/mol. The quantitative estimate of drug-likeness (QED) is 0.703. The molecule has 7 nitrogen and oxygen atoms in total. The number of anilines is 1. The van der Waals surface area contributed by atoms with Crippen LogP contribution in [0.1, 0.15) is 12.8 Å². The van der Waals surface area contributed by atoms with Crippen molar-refractivity contribution in [2.24, 2.45) is 7.05 Å². The van der Waals surface area contributed by atoms with Gasteiger partial charge in [0.2, 0.25) is 10.0 Å². The van der Waals surface area contributed by atoms with Crippen LogP contribution in [-0.2, 0) is 17.1 Å². The maximum absolute atomic E-state index is 11.4. The smallest absolute Gasteiger partial charge is 0.208 e. The molecule has 4 rings (SSSR count). The second kappa shape index (κ2) is 7.35. The fourth-order valence-corrected chi connectivity index (χ4v) is 4.68. The van der Waals surface area contributed by atoms with Crippen molar-refractivity contribution >= 4 is 38.5 Å². The number of halogens is 1. The largest absolute Gasteiger partial charge is 0.356 e. The van der Waals surface area contributed by atoms with Crippen LogP contribution >= 0.6 is 11.6 Å². The predicted octanol–water partition coefficient (Wildman–Crippen LogP) is 2.81. The zero-order chi connectivity index (χ0) is 19.9. The van der Waals surface area contributed by atoms with Crippen LogP contribution in [-0.4, -0.2) is 48.3 Å². The van der Waals surface area contributed by atoms with Gasteiger partial charge < -0.3 is 9.47 Å². The summed E-state index contributed by atoms with van der Waals surface area (Å²) in [7, 11) is -1.23. The van der Waals surface area contributed by atoms with Gasteiger partial charge in [-0.3, -0.25) is 0 Å². The number of fused-ring (bicyclic) bond motifs is 1. The van der Waals surface area contributed by atoms with Crippen LogP contribution in [0.2, 0.25) is 5.02 Å². The highest BCUT2D eigenvalue weighted by molar-refractivity contribution is 7.88. The molecule has 0 saturated carbocycles. The number of pyridine rings is 1. The number of sulfonamides is 1. The minimum absolute atomic E-state index is 0.0298. The summed E-state index contributed by atoms with van der Waals surface area (Å²) in [5.41, 5.74) is 2.57. The van der Waals surface area contributed by atoms with E-state index in [-0.39, 0.29) is 6.04 Å². The molecule has 0 atom stereocenters. The Kier molecular flexibility index (Phi) is 5.03. The van der Waals surface area contributed by atoms with Crippen molar-refractivity contribution in [2.75, 3.05) is 24.2 Å². The van der Waals surface area contributed by atoms with Gasteiger partial charge in [-0.1, -0.05) is 23.7 Å². The number of nitrogens with one attached hydrogen (secondary N) is 1. The molecule has 1 aliphatic heterocycles. The Morgan fingerprint density at radius 2 is 1.82 bits per heavy atom. The van der Waals surface area contributed by atoms with Crippen LogP contribution in [0.4, 0.5) is 5.82 Å². The molecule has 1 N–H and O–H groups in total. The van der Waals surface area contributed by atoms with E-state index < -0.39 is 10.0 Å². The van der Waals surface area contributed by atoms with Crippen molar-refractivity contribution in [3.63, 3.8) is 0 Å². The molecule has 0 unspecified atom stereocenters. The number of imidazole rings is 1. The lowest BCUT2D eigenvalue weighted by atomic mass is 10.1. The number of hydrogen-bond acceptors (Lipinski definition) is 5. The van der Waals surface area contributed by atoms with Gasteiger partial charge >= 0.3 is 0 Å². The van der Waals surface area contributed by atoms with Crippen LogP contribution < -0.4 is 9.62 Å². The van der Waals surface area contributed by atoms with Gasteiger partial charge in [0.15, 0.2) is 5.82 Å². The van der Waals surface area contributed by atoms with Crippen molar-refractivity contribution in [3.05, 3.63) is 41.4 Å².